The minimum Gasteiger partial charge on any atom is -0.0620 e. The van der Waals surface area contributed by atoms with Crippen molar-refractivity contribution < 1.29 is 0 Å². The number of hydrogen-bond acceptors (Lipinski definition) is 0. The highest BCUT2D eigenvalue weighted by Crippen LogP contribution is 2.22. The summed E-state index contributed by atoms with van der Waals surface area (Å²) in [5, 5.41) is 0. The number of aryl methyl sites for hydroxylation is 2. The van der Waals surface area contributed by atoms with E-state index in [4.69, 9.17) is 0 Å². The van der Waals surface area contributed by atoms with Crippen LogP contribution in [0.2, 0.25) is 0 Å². The minimum atomic E-state index is 0.580. The SMILES string of the molecule is Cc1cccc(C(C)Cc2ccccc2C)c1. The van der Waals surface area contributed by atoms with Gasteiger partial charge in [-0.15, -0.1) is 0 Å². The Morgan fingerprint density at radius 3 is 2.41 bits per heavy atom. The average molecular weight is 224 g/mol. The Kier molecular flexibility index (Phi) is 3.63. The van der Waals surface area contributed by atoms with Gasteiger partial charge in [0.05, 0.1) is 0 Å². The Morgan fingerprint density at radius 1 is 0.941 bits per heavy atom. The summed E-state index contributed by atoms with van der Waals surface area (Å²) in [6.45, 7) is 6.66. The monoisotopic (exact) mass is 224 g/mol. The van der Waals surface area contributed by atoms with Crippen molar-refractivity contribution in [3.63, 3.8) is 0 Å². The van der Waals surface area contributed by atoms with Gasteiger partial charge in [-0.3, -0.25) is 0 Å². The molecule has 1 atom stereocenters. The third kappa shape index (κ3) is 2.97. The normalized spacial score (nSPS) is 12.4. The zero-order valence-electron chi connectivity index (χ0n) is 10.9. The van der Waals surface area contributed by atoms with Crippen molar-refractivity contribution >= 4 is 0 Å². The summed E-state index contributed by atoms with van der Waals surface area (Å²) in [4.78, 5) is 0. The molecule has 0 spiro atoms. The fourth-order valence-electron chi connectivity index (χ4n) is 2.26. The highest BCUT2D eigenvalue weighted by atomic mass is 14.1. The van der Waals surface area contributed by atoms with Gasteiger partial charge < -0.3 is 0 Å². The van der Waals surface area contributed by atoms with Gasteiger partial charge >= 0.3 is 0 Å². The average Bonchev–Trinajstić information content (AvgIpc) is 2.32. The van der Waals surface area contributed by atoms with E-state index in [1.807, 2.05) is 0 Å². The van der Waals surface area contributed by atoms with Gasteiger partial charge in [0.2, 0.25) is 0 Å². The summed E-state index contributed by atoms with van der Waals surface area (Å²) in [5.41, 5.74) is 5.64. The van der Waals surface area contributed by atoms with Crippen LogP contribution in [0, 0.1) is 13.8 Å². The molecule has 1 unspecified atom stereocenters. The first-order chi connectivity index (χ1) is 8.16. The second-order valence-corrected chi connectivity index (χ2v) is 4.95. The molecule has 2 rings (SSSR count). The lowest BCUT2D eigenvalue weighted by Crippen LogP contribution is -2.00. The third-order valence-corrected chi connectivity index (χ3v) is 3.40. The highest BCUT2D eigenvalue weighted by molar-refractivity contribution is 5.30. The fraction of sp³-hybridized carbons (Fsp3) is 0.294. The quantitative estimate of drug-likeness (QED) is 0.712. The molecule has 2 aromatic rings. The molecule has 0 fully saturated rings. The van der Waals surface area contributed by atoms with Gasteiger partial charge in [-0.2, -0.15) is 0 Å². The predicted molar refractivity (Wildman–Crippen MR) is 74.5 cm³/mol. The fourth-order valence-corrected chi connectivity index (χ4v) is 2.26. The van der Waals surface area contributed by atoms with Crippen LogP contribution in [0.4, 0.5) is 0 Å². The molecule has 0 amide bonds. The third-order valence-electron chi connectivity index (χ3n) is 3.40. The van der Waals surface area contributed by atoms with Crippen LogP contribution in [-0.2, 0) is 6.42 Å². The maximum Gasteiger partial charge on any atom is -0.0150 e. The second-order valence-electron chi connectivity index (χ2n) is 4.95. The molecule has 88 valence electrons. The van der Waals surface area contributed by atoms with Crippen molar-refractivity contribution in [2.45, 2.75) is 33.1 Å². The molecule has 0 bridgehead atoms. The van der Waals surface area contributed by atoms with E-state index in [0.717, 1.165) is 6.42 Å². The van der Waals surface area contributed by atoms with Crippen molar-refractivity contribution in [3.8, 4) is 0 Å². The van der Waals surface area contributed by atoms with Crippen molar-refractivity contribution in [3.05, 3.63) is 70.8 Å². The molecule has 0 aliphatic rings. The van der Waals surface area contributed by atoms with Gasteiger partial charge in [-0.25, -0.2) is 0 Å². The summed E-state index contributed by atoms with van der Waals surface area (Å²) in [6, 6.07) is 17.5. The molecular weight excluding hydrogens is 204 g/mol. The zero-order chi connectivity index (χ0) is 12.3. The topological polar surface area (TPSA) is 0 Å². The molecule has 0 aliphatic carbocycles. The van der Waals surface area contributed by atoms with Crippen LogP contribution in [0.25, 0.3) is 0 Å². The summed E-state index contributed by atoms with van der Waals surface area (Å²) in [5.74, 6) is 0.580. The summed E-state index contributed by atoms with van der Waals surface area (Å²) in [7, 11) is 0. The Labute approximate surface area is 104 Å². The van der Waals surface area contributed by atoms with Crippen molar-refractivity contribution in [2.75, 3.05) is 0 Å². The molecule has 0 aromatic heterocycles. The number of benzene rings is 2. The first-order valence-corrected chi connectivity index (χ1v) is 6.28. The highest BCUT2D eigenvalue weighted by Gasteiger charge is 2.07. The molecule has 0 nitrogen and oxygen atoms in total. The smallest absolute Gasteiger partial charge is 0.0150 e. The van der Waals surface area contributed by atoms with E-state index in [1.165, 1.54) is 22.3 Å². The van der Waals surface area contributed by atoms with Crippen LogP contribution in [0.1, 0.15) is 35.1 Å². The van der Waals surface area contributed by atoms with E-state index >= 15 is 0 Å². The molecule has 0 saturated heterocycles. The first-order valence-electron chi connectivity index (χ1n) is 6.28. The van der Waals surface area contributed by atoms with E-state index in [-0.39, 0.29) is 0 Å². The van der Waals surface area contributed by atoms with E-state index in [2.05, 4.69) is 69.3 Å². The van der Waals surface area contributed by atoms with Crippen molar-refractivity contribution in [1.29, 1.82) is 0 Å². The van der Waals surface area contributed by atoms with Crippen molar-refractivity contribution in [1.82, 2.24) is 0 Å². The molecule has 0 saturated carbocycles. The number of hydrogen-bond donors (Lipinski definition) is 0. The lowest BCUT2D eigenvalue weighted by atomic mass is 9.91. The molecule has 2 aromatic carbocycles. The Bertz CT molecular complexity index is 497. The maximum atomic E-state index is 2.31. The predicted octanol–water partition coefficient (Wildman–Crippen LogP) is 4.65. The molecule has 0 heteroatoms. The first kappa shape index (κ1) is 11.9. The van der Waals surface area contributed by atoms with Crippen LogP contribution in [-0.4, -0.2) is 0 Å². The van der Waals surface area contributed by atoms with Crippen LogP contribution < -0.4 is 0 Å². The largest absolute Gasteiger partial charge is 0.0620 e. The molecule has 0 radical (unpaired) electrons. The Hall–Kier alpha value is -1.56. The van der Waals surface area contributed by atoms with Crippen molar-refractivity contribution in [2.24, 2.45) is 0 Å². The van der Waals surface area contributed by atoms with Crippen LogP contribution in [0.3, 0.4) is 0 Å². The van der Waals surface area contributed by atoms with Crippen LogP contribution >= 0.6 is 0 Å². The van der Waals surface area contributed by atoms with E-state index < -0.39 is 0 Å². The second kappa shape index (κ2) is 5.18. The lowest BCUT2D eigenvalue weighted by Gasteiger charge is -2.14. The van der Waals surface area contributed by atoms with E-state index in [0.29, 0.717) is 5.92 Å². The number of rotatable bonds is 3. The molecule has 0 heterocycles. The van der Waals surface area contributed by atoms with Crippen LogP contribution in [0.5, 0.6) is 0 Å². The van der Waals surface area contributed by atoms with Gasteiger partial charge in [0, 0.05) is 0 Å². The summed E-state index contributed by atoms with van der Waals surface area (Å²) < 4.78 is 0. The van der Waals surface area contributed by atoms with E-state index in [9.17, 15) is 0 Å². The standard InChI is InChI=1S/C17H20/c1-13-7-6-10-16(11-13)15(3)12-17-9-5-4-8-14(17)2/h4-11,15H,12H2,1-3H3. The summed E-state index contributed by atoms with van der Waals surface area (Å²) >= 11 is 0. The zero-order valence-corrected chi connectivity index (χ0v) is 10.9. The summed E-state index contributed by atoms with van der Waals surface area (Å²) in [6.07, 6.45) is 1.12. The van der Waals surface area contributed by atoms with Gasteiger partial charge in [-0.05, 0) is 42.9 Å². The van der Waals surface area contributed by atoms with Gasteiger partial charge in [0.1, 0.15) is 0 Å². The molecular formula is C17H20. The molecule has 17 heavy (non-hydrogen) atoms. The lowest BCUT2D eigenvalue weighted by molar-refractivity contribution is 0.754. The van der Waals surface area contributed by atoms with Gasteiger partial charge in [0.25, 0.3) is 0 Å². The van der Waals surface area contributed by atoms with E-state index in [1.54, 1.807) is 0 Å². The van der Waals surface area contributed by atoms with Crippen LogP contribution in [0.15, 0.2) is 48.5 Å². The maximum absolute atomic E-state index is 2.31. The Morgan fingerprint density at radius 2 is 1.71 bits per heavy atom. The van der Waals surface area contributed by atoms with Gasteiger partial charge in [0.15, 0.2) is 0 Å². The minimum absolute atomic E-state index is 0.580. The Balaban J connectivity index is 2.17. The van der Waals surface area contributed by atoms with Gasteiger partial charge in [-0.1, -0.05) is 61.0 Å². The molecule has 0 N–H and O–H groups in total. The molecule has 0 aliphatic heterocycles.